The number of nitrogens with zero attached hydrogens (tertiary/aromatic N) is 1. The Labute approximate surface area is 171 Å². The van der Waals surface area contributed by atoms with Crippen LogP contribution in [0.1, 0.15) is 30.4 Å². The van der Waals surface area contributed by atoms with E-state index in [0.717, 1.165) is 37.2 Å². The molecule has 2 aromatic carbocycles. The smallest absolute Gasteiger partial charge is 0.232 e. The maximum absolute atomic E-state index is 12.4. The van der Waals surface area contributed by atoms with E-state index in [2.05, 4.69) is 36.5 Å². The van der Waals surface area contributed by atoms with E-state index in [1.54, 1.807) is 11.8 Å². The maximum atomic E-state index is 12.4. The molecular weight excluding hydrogens is 368 g/mol. The first-order chi connectivity index (χ1) is 13.6. The summed E-state index contributed by atoms with van der Waals surface area (Å²) in [6.45, 7) is 3.50. The first-order valence-electron chi connectivity index (χ1n) is 9.90. The molecule has 2 aromatic rings. The fraction of sp³-hybridized carbons (Fsp3) is 0.391. The molecule has 1 aliphatic heterocycles. The molecule has 0 aromatic heterocycles. The summed E-state index contributed by atoms with van der Waals surface area (Å²) in [6, 6.07) is 18.5. The van der Waals surface area contributed by atoms with Gasteiger partial charge in [0, 0.05) is 30.4 Å². The summed E-state index contributed by atoms with van der Waals surface area (Å²) in [5.41, 5.74) is 2.41. The van der Waals surface area contributed by atoms with Crippen LogP contribution in [-0.4, -0.2) is 41.6 Å². The first kappa shape index (κ1) is 20.5. The van der Waals surface area contributed by atoms with Crippen molar-refractivity contribution in [1.82, 2.24) is 10.2 Å². The summed E-state index contributed by atoms with van der Waals surface area (Å²) in [6.07, 6.45) is 2.94. The van der Waals surface area contributed by atoms with Gasteiger partial charge < -0.3 is 10.2 Å². The summed E-state index contributed by atoms with van der Waals surface area (Å²) in [5.74, 6) is 0.750. The molecule has 0 saturated carbocycles. The highest BCUT2D eigenvalue weighted by molar-refractivity contribution is 8.00. The number of piperidine rings is 1. The van der Waals surface area contributed by atoms with Crippen LogP contribution in [0.4, 0.5) is 0 Å². The predicted octanol–water partition coefficient (Wildman–Crippen LogP) is 3.83. The Morgan fingerprint density at radius 3 is 2.39 bits per heavy atom. The van der Waals surface area contributed by atoms with E-state index in [-0.39, 0.29) is 17.9 Å². The van der Waals surface area contributed by atoms with Gasteiger partial charge in [-0.05, 0) is 43.9 Å². The van der Waals surface area contributed by atoms with Gasteiger partial charge >= 0.3 is 0 Å². The third-order valence-electron chi connectivity index (χ3n) is 5.08. The number of aryl methyl sites for hydroxylation is 2. The van der Waals surface area contributed by atoms with Crippen molar-refractivity contribution in [3.8, 4) is 0 Å². The number of hydrogen-bond acceptors (Lipinski definition) is 3. The number of rotatable bonds is 7. The molecule has 0 aliphatic carbocycles. The Balaban J connectivity index is 1.34. The minimum absolute atomic E-state index is 0.101. The van der Waals surface area contributed by atoms with E-state index >= 15 is 0 Å². The molecule has 1 saturated heterocycles. The number of thioether (sulfide) groups is 1. The fourth-order valence-electron chi connectivity index (χ4n) is 3.35. The molecule has 0 bridgehead atoms. The Morgan fingerprint density at radius 1 is 1.04 bits per heavy atom. The van der Waals surface area contributed by atoms with Gasteiger partial charge in [0.05, 0.1) is 5.75 Å². The second kappa shape index (κ2) is 10.3. The Kier molecular flexibility index (Phi) is 7.54. The molecule has 1 fully saturated rings. The second-order valence-corrected chi connectivity index (χ2v) is 8.36. The van der Waals surface area contributed by atoms with Gasteiger partial charge in [0.25, 0.3) is 0 Å². The minimum atomic E-state index is 0.101. The average Bonchev–Trinajstić information content (AvgIpc) is 2.73. The summed E-state index contributed by atoms with van der Waals surface area (Å²) < 4.78 is 0. The zero-order chi connectivity index (χ0) is 19.8. The van der Waals surface area contributed by atoms with Gasteiger partial charge in [-0.3, -0.25) is 9.59 Å². The molecule has 0 atom stereocenters. The molecule has 3 rings (SSSR count). The van der Waals surface area contributed by atoms with Crippen molar-refractivity contribution >= 4 is 23.6 Å². The zero-order valence-electron chi connectivity index (χ0n) is 16.4. The number of nitrogens with one attached hydrogen (secondary N) is 1. The van der Waals surface area contributed by atoms with Crippen LogP contribution < -0.4 is 5.32 Å². The minimum Gasteiger partial charge on any atom is -0.353 e. The number of carbonyl (C=O) groups is 2. The molecule has 5 heteroatoms. The quantitative estimate of drug-likeness (QED) is 0.724. The third-order valence-corrected chi connectivity index (χ3v) is 6.08. The van der Waals surface area contributed by atoms with Crippen LogP contribution in [0.2, 0.25) is 0 Å². The van der Waals surface area contributed by atoms with Crippen molar-refractivity contribution in [3.63, 3.8) is 0 Å². The first-order valence-corrected chi connectivity index (χ1v) is 10.9. The largest absolute Gasteiger partial charge is 0.353 e. The monoisotopic (exact) mass is 396 g/mol. The maximum Gasteiger partial charge on any atom is 0.232 e. The molecule has 1 N–H and O–H groups in total. The lowest BCUT2D eigenvalue weighted by atomic mass is 10.0. The summed E-state index contributed by atoms with van der Waals surface area (Å²) in [7, 11) is 0. The van der Waals surface area contributed by atoms with Crippen LogP contribution in [-0.2, 0) is 16.0 Å². The van der Waals surface area contributed by atoms with E-state index in [9.17, 15) is 9.59 Å². The Hall–Kier alpha value is -2.27. The predicted molar refractivity (Wildman–Crippen MR) is 114 cm³/mol. The number of amides is 2. The Morgan fingerprint density at radius 2 is 1.71 bits per heavy atom. The second-order valence-electron chi connectivity index (χ2n) is 7.31. The number of likely N-dealkylation sites (tertiary alicyclic amines) is 1. The average molecular weight is 397 g/mol. The molecule has 4 nitrogen and oxygen atoms in total. The molecule has 0 spiro atoms. The highest BCUT2D eigenvalue weighted by Crippen LogP contribution is 2.20. The van der Waals surface area contributed by atoms with Crippen LogP contribution >= 0.6 is 11.8 Å². The number of hydrogen-bond donors (Lipinski definition) is 1. The molecule has 0 unspecified atom stereocenters. The lowest BCUT2D eigenvalue weighted by Crippen LogP contribution is -2.47. The van der Waals surface area contributed by atoms with Gasteiger partial charge in [0.2, 0.25) is 11.8 Å². The third kappa shape index (κ3) is 6.41. The van der Waals surface area contributed by atoms with Crippen molar-refractivity contribution in [2.75, 3.05) is 18.8 Å². The molecule has 148 valence electrons. The van der Waals surface area contributed by atoms with Crippen LogP contribution in [0.5, 0.6) is 0 Å². The van der Waals surface area contributed by atoms with Gasteiger partial charge in [0.1, 0.15) is 0 Å². The SMILES string of the molecule is Cc1ccc(SCC(=O)N2CCC(NC(=O)CCc3ccccc3)CC2)cc1. The fourth-order valence-corrected chi connectivity index (χ4v) is 4.15. The van der Waals surface area contributed by atoms with E-state index in [1.165, 1.54) is 11.1 Å². The van der Waals surface area contributed by atoms with Crippen molar-refractivity contribution in [1.29, 1.82) is 0 Å². The van der Waals surface area contributed by atoms with Crippen molar-refractivity contribution < 1.29 is 9.59 Å². The molecule has 1 aliphatic rings. The Bertz CT molecular complexity index is 769. The summed E-state index contributed by atoms with van der Waals surface area (Å²) >= 11 is 1.59. The lowest BCUT2D eigenvalue weighted by molar-refractivity contribution is -0.129. The molecular formula is C23H28N2O2S. The lowest BCUT2D eigenvalue weighted by Gasteiger charge is -2.32. The van der Waals surface area contributed by atoms with Crippen molar-refractivity contribution in [2.45, 2.75) is 43.5 Å². The van der Waals surface area contributed by atoms with Gasteiger partial charge in [-0.2, -0.15) is 0 Å². The highest BCUT2D eigenvalue weighted by atomic mass is 32.2. The van der Waals surface area contributed by atoms with Crippen LogP contribution in [0.3, 0.4) is 0 Å². The zero-order valence-corrected chi connectivity index (χ0v) is 17.2. The topological polar surface area (TPSA) is 49.4 Å². The molecule has 28 heavy (non-hydrogen) atoms. The standard InChI is InChI=1S/C23H28N2O2S/c1-18-7-10-21(11-8-18)28-17-23(27)25-15-13-20(14-16-25)24-22(26)12-9-19-5-3-2-4-6-19/h2-8,10-11,20H,9,12-17H2,1H3,(H,24,26). The number of carbonyl (C=O) groups excluding carboxylic acids is 2. The van der Waals surface area contributed by atoms with Crippen LogP contribution in [0, 0.1) is 6.92 Å². The summed E-state index contributed by atoms with van der Waals surface area (Å²) in [5, 5.41) is 3.13. The molecule has 1 heterocycles. The van der Waals surface area contributed by atoms with Crippen molar-refractivity contribution in [2.24, 2.45) is 0 Å². The van der Waals surface area contributed by atoms with E-state index in [4.69, 9.17) is 0 Å². The molecule has 0 radical (unpaired) electrons. The van der Waals surface area contributed by atoms with Gasteiger partial charge in [-0.1, -0.05) is 48.0 Å². The van der Waals surface area contributed by atoms with Crippen molar-refractivity contribution in [3.05, 3.63) is 65.7 Å². The van der Waals surface area contributed by atoms with Crippen LogP contribution in [0.15, 0.2) is 59.5 Å². The van der Waals surface area contributed by atoms with E-state index in [1.807, 2.05) is 35.2 Å². The molecule has 2 amide bonds. The van der Waals surface area contributed by atoms with Gasteiger partial charge in [-0.15, -0.1) is 11.8 Å². The highest BCUT2D eigenvalue weighted by Gasteiger charge is 2.23. The van der Waals surface area contributed by atoms with Crippen LogP contribution in [0.25, 0.3) is 0 Å². The van der Waals surface area contributed by atoms with Gasteiger partial charge in [0.15, 0.2) is 0 Å². The normalized spacial score (nSPS) is 14.7. The van der Waals surface area contributed by atoms with Gasteiger partial charge in [-0.25, -0.2) is 0 Å². The summed E-state index contributed by atoms with van der Waals surface area (Å²) in [4.78, 5) is 27.7. The number of benzene rings is 2. The van der Waals surface area contributed by atoms with E-state index < -0.39 is 0 Å². The van der Waals surface area contributed by atoms with E-state index in [0.29, 0.717) is 12.2 Å².